The molecule has 82 valence electrons. The smallest absolute Gasteiger partial charge is 0.210 e. The maximum Gasteiger partial charge on any atom is 0.210 e. The van der Waals surface area contributed by atoms with Crippen LogP contribution in [0.3, 0.4) is 0 Å². The van der Waals surface area contributed by atoms with Gasteiger partial charge in [-0.05, 0) is 19.8 Å². The summed E-state index contributed by atoms with van der Waals surface area (Å²) in [5.74, 6) is 5.99. The first-order chi connectivity index (χ1) is 7.19. The SMILES string of the molecule is Cc1nn(C)cc1NC(=NC1CC1)NN. The Balaban J connectivity index is 2.08. The quantitative estimate of drug-likeness (QED) is 0.279. The van der Waals surface area contributed by atoms with E-state index in [2.05, 4.69) is 20.8 Å². The van der Waals surface area contributed by atoms with Gasteiger partial charge in [-0.3, -0.25) is 10.1 Å². The number of aromatic nitrogens is 2. The second kappa shape index (κ2) is 3.90. The molecule has 0 aliphatic heterocycles. The van der Waals surface area contributed by atoms with Crippen LogP contribution < -0.4 is 16.6 Å². The van der Waals surface area contributed by atoms with E-state index in [4.69, 9.17) is 5.84 Å². The molecule has 0 spiro atoms. The number of hydrazine groups is 1. The Morgan fingerprint density at radius 3 is 2.87 bits per heavy atom. The van der Waals surface area contributed by atoms with Crippen LogP contribution in [0.15, 0.2) is 11.2 Å². The van der Waals surface area contributed by atoms with E-state index >= 15 is 0 Å². The van der Waals surface area contributed by atoms with E-state index in [-0.39, 0.29) is 0 Å². The molecule has 0 saturated heterocycles. The fraction of sp³-hybridized carbons (Fsp3) is 0.556. The third-order valence-corrected chi connectivity index (χ3v) is 2.26. The fourth-order valence-corrected chi connectivity index (χ4v) is 1.34. The Kier molecular flexibility index (Phi) is 2.59. The normalized spacial score (nSPS) is 16.6. The number of hydrogen-bond donors (Lipinski definition) is 3. The number of rotatable bonds is 2. The number of hydrogen-bond acceptors (Lipinski definition) is 3. The lowest BCUT2D eigenvalue weighted by Crippen LogP contribution is -2.36. The summed E-state index contributed by atoms with van der Waals surface area (Å²) < 4.78 is 1.75. The van der Waals surface area contributed by atoms with Crippen LogP contribution in [-0.4, -0.2) is 21.8 Å². The van der Waals surface area contributed by atoms with Gasteiger partial charge in [0.25, 0.3) is 0 Å². The minimum atomic E-state index is 0.431. The molecule has 6 heteroatoms. The van der Waals surface area contributed by atoms with Gasteiger partial charge in [-0.25, -0.2) is 10.8 Å². The lowest BCUT2D eigenvalue weighted by Gasteiger charge is -2.07. The summed E-state index contributed by atoms with van der Waals surface area (Å²) in [7, 11) is 1.88. The molecule has 15 heavy (non-hydrogen) atoms. The Bertz CT molecular complexity index is 376. The summed E-state index contributed by atoms with van der Waals surface area (Å²) in [4.78, 5) is 4.38. The van der Waals surface area contributed by atoms with Crippen LogP contribution in [0, 0.1) is 6.92 Å². The van der Waals surface area contributed by atoms with Crippen LogP contribution in [0.25, 0.3) is 0 Å². The molecule has 1 aliphatic carbocycles. The molecular formula is C9H16N6. The Hall–Kier alpha value is -1.56. The first-order valence-corrected chi connectivity index (χ1v) is 5.00. The Morgan fingerprint density at radius 2 is 2.40 bits per heavy atom. The van der Waals surface area contributed by atoms with Gasteiger partial charge >= 0.3 is 0 Å². The highest BCUT2D eigenvalue weighted by Gasteiger charge is 2.21. The van der Waals surface area contributed by atoms with Crippen molar-refractivity contribution in [2.75, 3.05) is 5.32 Å². The van der Waals surface area contributed by atoms with Crippen molar-refractivity contribution in [2.45, 2.75) is 25.8 Å². The average Bonchev–Trinajstić information content (AvgIpc) is 2.93. The molecule has 0 atom stereocenters. The second-order valence-corrected chi connectivity index (χ2v) is 3.78. The zero-order valence-corrected chi connectivity index (χ0v) is 8.99. The molecule has 0 bridgehead atoms. The molecular weight excluding hydrogens is 192 g/mol. The maximum absolute atomic E-state index is 5.38. The molecule has 6 nitrogen and oxygen atoms in total. The summed E-state index contributed by atoms with van der Waals surface area (Å²) in [5.41, 5.74) is 4.41. The lowest BCUT2D eigenvalue weighted by atomic mass is 10.4. The van der Waals surface area contributed by atoms with E-state index in [0.29, 0.717) is 12.0 Å². The fourth-order valence-electron chi connectivity index (χ4n) is 1.34. The Morgan fingerprint density at radius 1 is 1.67 bits per heavy atom. The maximum atomic E-state index is 5.38. The summed E-state index contributed by atoms with van der Waals surface area (Å²) in [6, 6.07) is 0.431. The molecule has 0 radical (unpaired) electrons. The van der Waals surface area contributed by atoms with Gasteiger partial charge in [-0.15, -0.1) is 0 Å². The monoisotopic (exact) mass is 208 g/mol. The zero-order valence-electron chi connectivity index (χ0n) is 8.99. The van der Waals surface area contributed by atoms with Crippen LogP contribution in [-0.2, 0) is 7.05 Å². The zero-order chi connectivity index (χ0) is 10.8. The minimum Gasteiger partial charge on any atom is -0.322 e. The van der Waals surface area contributed by atoms with Gasteiger partial charge in [0.15, 0.2) is 0 Å². The van der Waals surface area contributed by atoms with E-state index in [9.17, 15) is 0 Å². The molecule has 1 aliphatic rings. The molecule has 1 heterocycles. The van der Waals surface area contributed by atoms with Gasteiger partial charge in [0.2, 0.25) is 5.96 Å². The molecule has 0 aromatic carbocycles. The summed E-state index contributed by atoms with van der Waals surface area (Å²) >= 11 is 0. The van der Waals surface area contributed by atoms with Gasteiger partial charge in [0, 0.05) is 13.2 Å². The number of aryl methyl sites for hydroxylation is 2. The first-order valence-electron chi connectivity index (χ1n) is 5.00. The van der Waals surface area contributed by atoms with Crippen molar-refractivity contribution in [1.82, 2.24) is 15.2 Å². The van der Waals surface area contributed by atoms with Crippen molar-refractivity contribution in [2.24, 2.45) is 17.9 Å². The largest absolute Gasteiger partial charge is 0.322 e. The number of nitrogens with zero attached hydrogens (tertiary/aromatic N) is 3. The van der Waals surface area contributed by atoms with E-state index in [1.54, 1.807) is 4.68 Å². The van der Waals surface area contributed by atoms with E-state index in [0.717, 1.165) is 24.2 Å². The number of aliphatic imine (C=N–C) groups is 1. The Labute approximate surface area is 88.5 Å². The van der Waals surface area contributed by atoms with E-state index in [1.807, 2.05) is 20.2 Å². The first kappa shape index (κ1) is 9.97. The van der Waals surface area contributed by atoms with Crippen LogP contribution in [0.5, 0.6) is 0 Å². The van der Waals surface area contributed by atoms with Gasteiger partial charge in [0.05, 0.1) is 17.4 Å². The molecule has 4 N–H and O–H groups in total. The van der Waals surface area contributed by atoms with Crippen LogP contribution in [0.4, 0.5) is 5.69 Å². The molecule has 0 amide bonds. The molecule has 2 rings (SSSR count). The van der Waals surface area contributed by atoms with Crippen LogP contribution in [0.1, 0.15) is 18.5 Å². The molecule has 1 aromatic heterocycles. The van der Waals surface area contributed by atoms with Gasteiger partial charge in [-0.1, -0.05) is 0 Å². The van der Waals surface area contributed by atoms with Crippen LogP contribution in [0.2, 0.25) is 0 Å². The van der Waals surface area contributed by atoms with Crippen molar-refractivity contribution in [3.05, 3.63) is 11.9 Å². The highest BCUT2D eigenvalue weighted by Crippen LogP contribution is 2.23. The summed E-state index contributed by atoms with van der Waals surface area (Å²) in [5, 5.41) is 7.34. The van der Waals surface area contributed by atoms with Gasteiger partial charge in [-0.2, -0.15) is 5.10 Å². The van der Waals surface area contributed by atoms with Crippen molar-refractivity contribution in [1.29, 1.82) is 0 Å². The van der Waals surface area contributed by atoms with Crippen molar-refractivity contribution < 1.29 is 0 Å². The molecule has 1 fully saturated rings. The summed E-state index contributed by atoms with van der Waals surface area (Å²) in [6.45, 7) is 1.94. The lowest BCUT2D eigenvalue weighted by molar-refractivity contribution is 0.756. The molecule has 0 unspecified atom stereocenters. The average molecular weight is 208 g/mol. The van der Waals surface area contributed by atoms with Gasteiger partial charge < -0.3 is 5.32 Å². The van der Waals surface area contributed by atoms with E-state index < -0.39 is 0 Å². The standard InChI is InChI=1S/C9H16N6/c1-6-8(5-15(2)14-6)12-9(13-10)11-7-3-4-7/h5,7H,3-4,10H2,1-2H3,(H2,11,12,13). The highest BCUT2D eigenvalue weighted by atomic mass is 15.4. The number of nitrogens with two attached hydrogens (primary N) is 1. The van der Waals surface area contributed by atoms with Crippen molar-refractivity contribution >= 4 is 11.6 Å². The molecule has 1 saturated carbocycles. The molecule has 1 aromatic rings. The number of anilines is 1. The minimum absolute atomic E-state index is 0.431. The number of nitrogens with one attached hydrogen (secondary N) is 2. The third-order valence-electron chi connectivity index (χ3n) is 2.26. The van der Waals surface area contributed by atoms with Gasteiger partial charge in [0.1, 0.15) is 0 Å². The predicted octanol–water partition coefficient (Wildman–Crippen LogP) is 0.122. The van der Waals surface area contributed by atoms with Crippen molar-refractivity contribution in [3.63, 3.8) is 0 Å². The topological polar surface area (TPSA) is 80.3 Å². The van der Waals surface area contributed by atoms with E-state index in [1.165, 1.54) is 0 Å². The van der Waals surface area contributed by atoms with Crippen molar-refractivity contribution in [3.8, 4) is 0 Å². The predicted molar refractivity (Wildman–Crippen MR) is 59.3 cm³/mol. The third kappa shape index (κ3) is 2.47. The summed E-state index contributed by atoms with van der Waals surface area (Å²) in [6.07, 6.45) is 4.20. The van der Waals surface area contributed by atoms with Crippen LogP contribution >= 0.6 is 0 Å². The second-order valence-electron chi connectivity index (χ2n) is 3.78. The number of guanidine groups is 1. The highest BCUT2D eigenvalue weighted by molar-refractivity contribution is 5.93.